The van der Waals surface area contributed by atoms with Gasteiger partial charge >= 0.3 is 0 Å². The molecule has 1 unspecified atom stereocenters. The van der Waals surface area contributed by atoms with Crippen molar-refractivity contribution in [3.8, 4) is 5.75 Å². The first-order valence-electron chi connectivity index (χ1n) is 9.63. The van der Waals surface area contributed by atoms with Crippen LogP contribution < -0.4 is 10.2 Å². The van der Waals surface area contributed by atoms with Crippen molar-refractivity contribution < 1.29 is 5.11 Å². The molecule has 1 aliphatic rings. The van der Waals surface area contributed by atoms with Gasteiger partial charge in [-0.1, -0.05) is 48.9 Å². The SMILES string of the molecule is CN=C(NCC(C)c1ccc(C)cc1)N1CCN(c2ccccc2O)CC1. The normalized spacial score (nSPS) is 16.3. The summed E-state index contributed by atoms with van der Waals surface area (Å²) in [6.45, 7) is 8.71. The summed E-state index contributed by atoms with van der Waals surface area (Å²) in [6, 6.07) is 16.3. The van der Waals surface area contributed by atoms with Gasteiger partial charge in [-0.25, -0.2) is 0 Å². The van der Waals surface area contributed by atoms with Gasteiger partial charge in [0.2, 0.25) is 0 Å². The van der Waals surface area contributed by atoms with Crippen molar-refractivity contribution in [3.63, 3.8) is 0 Å². The average molecular weight is 367 g/mol. The van der Waals surface area contributed by atoms with E-state index >= 15 is 0 Å². The van der Waals surface area contributed by atoms with E-state index in [4.69, 9.17) is 0 Å². The largest absolute Gasteiger partial charge is 0.506 e. The number of phenols is 1. The zero-order chi connectivity index (χ0) is 19.2. The maximum absolute atomic E-state index is 10.1. The lowest BCUT2D eigenvalue weighted by Gasteiger charge is -2.38. The summed E-state index contributed by atoms with van der Waals surface area (Å²) in [5, 5.41) is 13.6. The molecule has 5 nitrogen and oxygen atoms in total. The summed E-state index contributed by atoms with van der Waals surface area (Å²) >= 11 is 0. The number of nitrogens with one attached hydrogen (secondary N) is 1. The van der Waals surface area contributed by atoms with Gasteiger partial charge in [0.05, 0.1) is 5.69 Å². The van der Waals surface area contributed by atoms with Crippen molar-refractivity contribution in [1.82, 2.24) is 10.2 Å². The molecule has 1 fully saturated rings. The number of phenolic OH excluding ortho intramolecular Hbond substituents is 1. The summed E-state index contributed by atoms with van der Waals surface area (Å²) in [7, 11) is 1.84. The highest BCUT2D eigenvalue weighted by Gasteiger charge is 2.21. The Kier molecular flexibility index (Phi) is 6.22. The van der Waals surface area contributed by atoms with Crippen LogP contribution in [0.25, 0.3) is 0 Å². The molecule has 1 heterocycles. The minimum atomic E-state index is 0.348. The first kappa shape index (κ1) is 19.1. The Hall–Kier alpha value is -2.69. The molecule has 0 aliphatic carbocycles. The van der Waals surface area contributed by atoms with E-state index in [0.717, 1.165) is 44.4 Å². The number of rotatable bonds is 4. The van der Waals surface area contributed by atoms with E-state index in [2.05, 4.69) is 58.2 Å². The number of hydrogen-bond acceptors (Lipinski definition) is 3. The number of anilines is 1. The van der Waals surface area contributed by atoms with Crippen molar-refractivity contribution in [1.29, 1.82) is 0 Å². The topological polar surface area (TPSA) is 51.1 Å². The smallest absolute Gasteiger partial charge is 0.193 e. The number of para-hydroxylation sites is 2. The van der Waals surface area contributed by atoms with Crippen LogP contribution in [0.5, 0.6) is 5.75 Å². The van der Waals surface area contributed by atoms with Gasteiger partial charge in [-0.2, -0.15) is 0 Å². The molecule has 0 aromatic heterocycles. The minimum Gasteiger partial charge on any atom is -0.506 e. The number of benzene rings is 2. The highest BCUT2D eigenvalue weighted by Crippen LogP contribution is 2.27. The number of nitrogens with zero attached hydrogens (tertiary/aromatic N) is 3. The first-order valence-corrected chi connectivity index (χ1v) is 9.63. The number of aryl methyl sites for hydroxylation is 1. The van der Waals surface area contributed by atoms with Gasteiger partial charge in [0.1, 0.15) is 5.75 Å². The fourth-order valence-electron chi connectivity index (χ4n) is 3.48. The van der Waals surface area contributed by atoms with E-state index in [-0.39, 0.29) is 0 Å². The minimum absolute atomic E-state index is 0.348. The predicted molar refractivity (Wildman–Crippen MR) is 113 cm³/mol. The summed E-state index contributed by atoms with van der Waals surface area (Å²) < 4.78 is 0. The summed E-state index contributed by atoms with van der Waals surface area (Å²) in [5.74, 6) is 1.72. The summed E-state index contributed by atoms with van der Waals surface area (Å²) in [5.41, 5.74) is 3.54. The van der Waals surface area contributed by atoms with Gasteiger partial charge in [0.15, 0.2) is 5.96 Å². The lowest BCUT2D eigenvalue weighted by atomic mass is 10.0. The van der Waals surface area contributed by atoms with Gasteiger partial charge in [-0.15, -0.1) is 0 Å². The second-order valence-corrected chi connectivity index (χ2v) is 7.20. The third-order valence-electron chi connectivity index (χ3n) is 5.23. The van der Waals surface area contributed by atoms with Crippen LogP contribution in [-0.2, 0) is 0 Å². The van der Waals surface area contributed by atoms with Crippen LogP contribution in [0, 0.1) is 6.92 Å². The third-order valence-corrected chi connectivity index (χ3v) is 5.23. The monoisotopic (exact) mass is 366 g/mol. The molecule has 1 saturated heterocycles. The Labute approximate surface area is 162 Å². The molecule has 1 atom stereocenters. The summed E-state index contributed by atoms with van der Waals surface area (Å²) in [4.78, 5) is 8.99. The van der Waals surface area contributed by atoms with E-state index in [1.807, 2.05) is 25.2 Å². The Bertz CT molecular complexity index is 764. The quantitative estimate of drug-likeness (QED) is 0.644. The number of aromatic hydroxyl groups is 1. The van der Waals surface area contributed by atoms with E-state index < -0.39 is 0 Å². The molecule has 27 heavy (non-hydrogen) atoms. The molecule has 0 radical (unpaired) electrons. The molecule has 2 N–H and O–H groups in total. The molecule has 0 amide bonds. The first-order chi connectivity index (χ1) is 13.1. The van der Waals surface area contributed by atoms with Gasteiger partial charge in [0.25, 0.3) is 0 Å². The summed E-state index contributed by atoms with van der Waals surface area (Å²) in [6.07, 6.45) is 0. The Morgan fingerprint density at radius 1 is 1.07 bits per heavy atom. The van der Waals surface area contributed by atoms with Crippen LogP contribution in [0.2, 0.25) is 0 Å². The van der Waals surface area contributed by atoms with Crippen LogP contribution in [0.1, 0.15) is 24.0 Å². The van der Waals surface area contributed by atoms with Crippen molar-refractivity contribution in [3.05, 3.63) is 59.7 Å². The van der Waals surface area contributed by atoms with E-state index in [0.29, 0.717) is 11.7 Å². The van der Waals surface area contributed by atoms with Gasteiger partial charge in [0, 0.05) is 39.8 Å². The Morgan fingerprint density at radius 2 is 1.74 bits per heavy atom. The van der Waals surface area contributed by atoms with Crippen molar-refractivity contribution in [2.45, 2.75) is 19.8 Å². The molecule has 5 heteroatoms. The fraction of sp³-hybridized carbons (Fsp3) is 0.409. The molecule has 0 saturated carbocycles. The molecule has 2 aromatic rings. The Balaban J connectivity index is 1.53. The lowest BCUT2D eigenvalue weighted by molar-refractivity contribution is 0.369. The van der Waals surface area contributed by atoms with Crippen LogP contribution >= 0.6 is 0 Å². The molecule has 0 bridgehead atoms. The predicted octanol–water partition coefficient (Wildman–Crippen LogP) is 3.20. The maximum atomic E-state index is 10.1. The molecular weight excluding hydrogens is 336 g/mol. The molecule has 0 spiro atoms. The number of hydrogen-bond donors (Lipinski definition) is 2. The number of aliphatic imine (C=N–C) groups is 1. The van der Waals surface area contributed by atoms with Gasteiger partial charge in [-0.05, 0) is 30.5 Å². The zero-order valence-corrected chi connectivity index (χ0v) is 16.5. The molecule has 144 valence electrons. The van der Waals surface area contributed by atoms with Gasteiger partial charge in [-0.3, -0.25) is 4.99 Å². The van der Waals surface area contributed by atoms with Crippen LogP contribution in [-0.4, -0.2) is 55.7 Å². The molecule has 2 aromatic carbocycles. The Morgan fingerprint density at radius 3 is 2.37 bits per heavy atom. The number of guanidine groups is 1. The highest BCUT2D eigenvalue weighted by atomic mass is 16.3. The van der Waals surface area contributed by atoms with Crippen molar-refractivity contribution in [2.75, 3.05) is 44.7 Å². The van der Waals surface area contributed by atoms with Crippen molar-refractivity contribution >= 4 is 11.6 Å². The highest BCUT2D eigenvalue weighted by molar-refractivity contribution is 5.80. The second kappa shape index (κ2) is 8.80. The van der Waals surface area contributed by atoms with E-state index in [1.165, 1.54) is 11.1 Å². The van der Waals surface area contributed by atoms with Crippen LogP contribution in [0.3, 0.4) is 0 Å². The fourth-order valence-corrected chi connectivity index (χ4v) is 3.48. The van der Waals surface area contributed by atoms with E-state index in [9.17, 15) is 5.11 Å². The zero-order valence-electron chi connectivity index (χ0n) is 16.5. The second-order valence-electron chi connectivity index (χ2n) is 7.20. The molecule has 1 aliphatic heterocycles. The number of piperazine rings is 1. The van der Waals surface area contributed by atoms with Crippen LogP contribution in [0.4, 0.5) is 5.69 Å². The lowest BCUT2D eigenvalue weighted by Crippen LogP contribution is -2.53. The van der Waals surface area contributed by atoms with E-state index in [1.54, 1.807) is 6.07 Å². The maximum Gasteiger partial charge on any atom is 0.193 e. The molecular formula is C22H30N4O. The standard InChI is InChI=1S/C22H30N4O/c1-17-8-10-19(11-9-17)18(2)16-24-22(23-3)26-14-12-25(13-15-26)20-6-4-5-7-21(20)27/h4-11,18,27H,12-16H2,1-3H3,(H,23,24). The van der Waals surface area contributed by atoms with Crippen molar-refractivity contribution in [2.24, 2.45) is 4.99 Å². The van der Waals surface area contributed by atoms with Gasteiger partial charge < -0.3 is 20.2 Å². The third kappa shape index (κ3) is 4.73. The van der Waals surface area contributed by atoms with Crippen LogP contribution in [0.15, 0.2) is 53.5 Å². The average Bonchev–Trinajstić information content (AvgIpc) is 2.70. The molecule has 3 rings (SSSR count).